The summed E-state index contributed by atoms with van der Waals surface area (Å²) in [6, 6.07) is 4.87. The number of nitrogens with two attached hydrogens (primary N) is 1. The Morgan fingerprint density at radius 2 is 2.27 bits per heavy atom. The molecule has 1 fully saturated rings. The van der Waals surface area contributed by atoms with Crippen LogP contribution < -0.4 is 11.1 Å². The Labute approximate surface area is 95.6 Å². The normalized spacial score (nSPS) is 23.6. The van der Waals surface area contributed by atoms with E-state index in [4.69, 9.17) is 5.73 Å². The fraction of sp³-hybridized carbons (Fsp3) is 0.300. The lowest BCUT2D eigenvalue weighted by atomic mass is 10.2. The van der Waals surface area contributed by atoms with Crippen molar-refractivity contribution in [3.8, 4) is 5.75 Å². The third-order valence-corrected chi connectivity index (χ3v) is 3.04. The van der Waals surface area contributed by atoms with E-state index < -0.39 is 0 Å². The molecular formula is C10H11BrN2O2. The Morgan fingerprint density at radius 3 is 2.80 bits per heavy atom. The first kappa shape index (κ1) is 10.4. The van der Waals surface area contributed by atoms with Crippen LogP contribution in [0.1, 0.15) is 16.8 Å². The van der Waals surface area contributed by atoms with Gasteiger partial charge in [0.15, 0.2) is 0 Å². The lowest BCUT2D eigenvalue weighted by Crippen LogP contribution is -2.29. The second kappa shape index (κ2) is 3.83. The van der Waals surface area contributed by atoms with Crippen molar-refractivity contribution >= 4 is 21.8 Å². The topological polar surface area (TPSA) is 75.3 Å². The van der Waals surface area contributed by atoms with Crippen molar-refractivity contribution in [2.75, 3.05) is 0 Å². The Balaban J connectivity index is 2.08. The molecule has 0 heterocycles. The summed E-state index contributed by atoms with van der Waals surface area (Å²) in [5.41, 5.74) is 6.01. The molecule has 0 spiro atoms. The van der Waals surface area contributed by atoms with Crippen LogP contribution >= 0.6 is 15.9 Å². The summed E-state index contributed by atoms with van der Waals surface area (Å²) in [6.07, 6.45) is 0.828. The first-order chi connectivity index (χ1) is 7.08. The minimum atomic E-state index is -0.198. The number of benzene rings is 1. The second-order valence-corrected chi connectivity index (χ2v) is 4.50. The molecule has 15 heavy (non-hydrogen) atoms. The van der Waals surface area contributed by atoms with Crippen molar-refractivity contribution in [2.24, 2.45) is 5.73 Å². The van der Waals surface area contributed by atoms with Gasteiger partial charge in [0.1, 0.15) is 5.75 Å². The molecular weight excluding hydrogens is 260 g/mol. The highest BCUT2D eigenvalue weighted by molar-refractivity contribution is 9.10. The zero-order valence-corrected chi connectivity index (χ0v) is 9.49. The predicted octanol–water partition coefficient (Wildman–Crippen LogP) is 0.984. The summed E-state index contributed by atoms with van der Waals surface area (Å²) in [6.45, 7) is 0. The van der Waals surface area contributed by atoms with E-state index in [1.807, 2.05) is 0 Å². The quantitative estimate of drug-likeness (QED) is 0.750. The first-order valence-electron chi connectivity index (χ1n) is 4.63. The Kier molecular flexibility index (Phi) is 2.67. The Hall–Kier alpha value is -1.07. The molecule has 1 aliphatic rings. The van der Waals surface area contributed by atoms with E-state index in [0.717, 1.165) is 6.42 Å². The molecule has 1 aromatic carbocycles. The van der Waals surface area contributed by atoms with E-state index in [1.54, 1.807) is 12.1 Å². The van der Waals surface area contributed by atoms with E-state index in [0.29, 0.717) is 10.0 Å². The molecule has 80 valence electrons. The number of carbonyl (C=O) groups excluding carboxylic acids is 1. The van der Waals surface area contributed by atoms with Crippen molar-refractivity contribution in [2.45, 2.75) is 18.5 Å². The maximum atomic E-state index is 11.6. The van der Waals surface area contributed by atoms with Gasteiger partial charge in [0.05, 0.1) is 4.47 Å². The number of phenols is 1. The van der Waals surface area contributed by atoms with Crippen LogP contribution in [0.15, 0.2) is 22.7 Å². The maximum Gasteiger partial charge on any atom is 0.251 e. The van der Waals surface area contributed by atoms with Gasteiger partial charge in [-0.3, -0.25) is 4.79 Å². The zero-order chi connectivity index (χ0) is 11.0. The predicted molar refractivity (Wildman–Crippen MR) is 59.7 cm³/mol. The highest BCUT2D eigenvalue weighted by Gasteiger charge is 2.34. The summed E-state index contributed by atoms with van der Waals surface area (Å²) in [4.78, 5) is 11.6. The average molecular weight is 271 g/mol. The zero-order valence-electron chi connectivity index (χ0n) is 7.90. The number of rotatable bonds is 2. The lowest BCUT2D eigenvalue weighted by Gasteiger charge is -2.04. The molecule has 0 saturated heterocycles. The van der Waals surface area contributed by atoms with Crippen LogP contribution in [0.25, 0.3) is 0 Å². The molecule has 0 aromatic heterocycles. The lowest BCUT2D eigenvalue weighted by molar-refractivity contribution is 0.0950. The van der Waals surface area contributed by atoms with Crippen LogP contribution in [0.3, 0.4) is 0 Å². The van der Waals surface area contributed by atoms with Gasteiger partial charge in [0, 0.05) is 17.6 Å². The largest absolute Gasteiger partial charge is 0.507 e. The van der Waals surface area contributed by atoms with Crippen molar-refractivity contribution in [3.05, 3.63) is 28.2 Å². The third kappa shape index (κ3) is 2.30. The SMILES string of the molecule is NC1CC1NC(=O)c1ccc(Br)c(O)c1. The smallest absolute Gasteiger partial charge is 0.251 e. The van der Waals surface area contributed by atoms with Gasteiger partial charge in [-0.05, 0) is 40.5 Å². The fourth-order valence-corrected chi connectivity index (χ4v) is 1.53. The second-order valence-electron chi connectivity index (χ2n) is 3.65. The molecule has 1 aliphatic carbocycles. The van der Waals surface area contributed by atoms with Crippen LogP contribution in [-0.2, 0) is 0 Å². The van der Waals surface area contributed by atoms with Crippen molar-refractivity contribution in [3.63, 3.8) is 0 Å². The summed E-state index contributed by atoms with van der Waals surface area (Å²) in [7, 11) is 0. The number of phenolic OH excluding ortho intramolecular Hbond substituents is 1. The molecule has 4 N–H and O–H groups in total. The summed E-state index contributed by atoms with van der Waals surface area (Å²) in [5, 5.41) is 12.2. The summed E-state index contributed by atoms with van der Waals surface area (Å²) < 4.78 is 0.571. The minimum absolute atomic E-state index is 0.0581. The molecule has 0 bridgehead atoms. The molecule has 2 atom stereocenters. The van der Waals surface area contributed by atoms with Crippen molar-refractivity contribution in [1.29, 1.82) is 0 Å². The highest BCUT2D eigenvalue weighted by atomic mass is 79.9. The summed E-state index contributed by atoms with van der Waals surface area (Å²) in [5.74, 6) is -0.140. The number of aromatic hydroxyl groups is 1. The molecule has 2 unspecified atom stereocenters. The molecule has 1 saturated carbocycles. The van der Waals surface area contributed by atoms with Crippen LogP contribution in [0.2, 0.25) is 0 Å². The molecule has 5 heteroatoms. The number of halogens is 1. The van der Waals surface area contributed by atoms with Gasteiger partial charge in [-0.2, -0.15) is 0 Å². The number of amides is 1. The number of hydrogen-bond donors (Lipinski definition) is 3. The molecule has 1 aromatic rings. The van der Waals surface area contributed by atoms with E-state index in [1.165, 1.54) is 6.07 Å². The average Bonchev–Trinajstić information content (AvgIpc) is 2.86. The highest BCUT2D eigenvalue weighted by Crippen LogP contribution is 2.25. The standard InChI is InChI=1S/C10H11BrN2O2/c11-6-2-1-5(3-9(6)14)10(15)13-8-4-7(8)12/h1-3,7-8,14H,4,12H2,(H,13,15). The number of carbonyl (C=O) groups is 1. The minimum Gasteiger partial charge on any atom is -0.507 e. The van der Waals surface area contributed by atoms with E-state index in [9.17, 15) is 9.90 Å². The van der Waals surface area contributed by atoms with Gasteiger partial charge in [-0.25, -0.2) is 0 Å². The van der Waals surface area contributed by atoms with E-state index in [2.05, 4.69) is 21.2 Å². The van der Waals surface area contributed by atoms with Gasteiger partial charge in [0.25, 0.3) is 5.91 Å². The van der Waals surface area contributed by atoms with Gasteiger partial charge in [0.2, 0.25) is 0 Å². The number of nitrogens with one attached hydrogen (secondary N) is 1. The maximum absolute atomic E-state index is 11.6. The van der Waals surface area contributed by atoms with Gasteiger partial charge >= 0.3 is 0 Å². The van der Waals surface area contributed by atoms with Crippen molar-refractivity contribution in [1.82, 2.24) is 5.32 Å². The van der Waals surface area contributed by atoms with Crippen molar-refractivity contribution < 1.29 is 9.90 Å². The van der Waals surface area contributed by atoms with Gasteiger partial charge < -0.3 is 16.2 Å². The monoisotopic (exact) mass is 270 g/mol. The molecule has 0 aliphatic heterocycles. The van der Waals surface area contributed by atoms with Gasteiger partial charge in [-0.1, -0.05) is 0 Å². The van der Waals surface area contributed by atoms with Crippen LogP contribution in [0, 0.1) is 0 Å². The fourth-order valence-electron chi connectivity index (χ4n) is 1.29. The first-order valence-corrected chi connectivity index (χ1v) is 5.42. The van der Waals surface area contributed by atoms with Crippen LogP contribution in [0.5, 0.6) is 5.75 Å². The van der Waals surface area contributed by atoms with E-state index >= 15 is 0 Å². The third-order valence-electron chi connectivity index (χ3n) is 2.36. The summed E-state index contributed by atoms with van der Waals surface area (Å²) >= 11 is 3.15. The molecule has 1 amide bonds. The van der Waals surface area contributed by atoms with Crippen LogP contribution in [-0.4, -0.2) is 23.1 Å². The van der Waals surface area contributed by atoms with Crippen LogP contribution in [0.4, 0.5) is 0 Å². The molecule has 0 radical (unpaired) electrons. The Bertz CT molecular complexity index is 408. The number of hydrogen-bond acceptors (Lipinski definition) is 3. The van der Waals surface area contributed by atoms with Gasteiger partial charge in [-0.15, -0.1) is 0 Å². The molecule has 4 nitrogen and oxygen atoms in total. The van der Waals surface area contributed by atoms with E-state index in [-0.39, 0.29) is 23.7 Å². The Morgan fingerprint density at radius 1 is 1.60 bits per heavy atom. The molecule has 2 rings (SSSR count).